The first-order valence-electron chi connectivity index (χ1n) is 6.17. The van der Waals surface area contributed by atoms with Crippen molar-refractivity contribution in [2.45, 2.75) is 30.7 Å². The predicted molar refractivity (Wildman–Crippen MR) is 69.4 cm³/mol. The lowest BCUT2D eigenvalue weighted by Crippen LogP contribution is -2.46. The number of hydrogen-bond donors (Lipinski definition) is 1. The lowest BCUT2D eigenvalue weighted by atomic mass is 9.96. The van der Waals surface area contributed by atoms with Crippen molar-refractivity contribution in [3.05, 3.63) is 24.5 Å². The van der Waals surface area contributed by atoms with Crippen molar-refractivity contribution in [3.8, 4) is 0 Å². The second-order valence-electron chi connectivity index (χ2n) is 4.79. The highest BCUT2D eigenvalue weighted by atomic mass is 32.2. The molecule has 0 spiro atoms. The van der Waals surface area contributed by atoms with E-state index in [-0.39, 0.29) is 16.9 Å². The molecule has 1 fully saturated rings. The second-order valence-corrected chi connectivity index (χ2v) is 6.68. The Morgan fingerprint density at radius 2 is 2.28 bits per heavy atom. The summed E-state index contributed by atoms with van der Waals surface area (Å²) in [7, 11) is -3.44. The van der Waals surface area contributed by atoms with Crippen LogP contribution in [-0.4, -0.2) is 36.8 Å². The van der Waals surface area contributed by atoms with Gasteiger partial charge in [0.25, 0.3) is 0 Å². The molecular weight excluding hydrogens is 250 g/mol. The van der Waals surface area contributed by atoms with E-state index in [9.17, 15) is 8.42 Å². The third kappa shape index (κ3) is 2.55. The molecule has 18 heavy (non-hydrogen) atoms. The molecule has 2 N–H and O–H groups in total. The number of nitrogens with zero attached hydrogens (tertiary/aromatic N) is 2. The van der Waals surface area contributed by atoms with Crippen LogP contribution in [0.1, 0.15) is 19.8 Å². The topological polar surface area (TPSA) is 76.3 Å². The molecule has 0 aliphatic carbocycles. The van der Waals surface area contributed by atoms with Gasteiger partial charge < -0.3 is 5.73 Å². The molecule has 0 bridgehead atoms. The molecule has 2 rings (SSSR count). The Hall–Kier alpha value is -0.980. The highest BCUT2D eigenvalue weighted by Gasteiger charge is 2.34. The third-order valence-electron chi connectivity index (χ3n) is 3.50. The summed E-state index contributed by atoms with van der Waals surface area (Å²) < 4.78 is 26.6. The minimum absolute atomic E-state index is 0.0259. The molecule has 1 aliphatic heterocycles. The van der Waals surface area contributed by atoms with Gasteiger partial charge in [-0.2, -0.15) is 4.31 Å². The van der Waals surface area contributed by atoms with Crippen LogP contribution in [0, 0.1) is 5.92 Å². The summed E-state index contributed by atoms with van der Waals surface area (Å²) in [6.45, 7) is 2.99. The zero-order valence-electron chi connectivity index (χ0n) is 10.5. The van der Waals surface area contributed by atoms with E-state index in [2.05, 4.69) is 4.98 Å². The number of sulfonamides is 1. The minimum atomic E-state index is -3.44. The van der Waals surface area contributed by atoms with E-state index < -0.39 is 10.0 Å². The van der Waals surface area contributed by atoms with Crippen LogP contribution in [0.5, 0.6) is 0 Å². The van der Waals surface area contributed by atoms with Crippen LogP contribution < -0.4 is 5.73 Å². The van der Waals surface area contributed by atoms with Crippen molar-refractivity contribution in [1.29, 1.82) is 0 Å². The summed E-state index contributed by atoms with van der Waals surface area (Å²) in [6.07, 6.45) is 4.83. The van der Waals surface area contributed by atoms with Crippen LogP contribution in [-0.2, 0) is 10.0 Å². The highest BCUT2D eigenvalue weighted by molar-refractivity contribution is 7.89. The normalized spacial score (nSPS) is 26.1. The Labute approximate surface area is 108 Å². The predicted octanol–water partition coefficient (Wildman–Crippen LogP) is 0.830. The van der Waals surface area contributed by atoms with Gasteiger partial charge in [0.05, 0.1) is 0 Å². The van der Waals surface area contributed by atoms with Gasteiger partial charge in [-0.25, -0.2) is 8.42 Å². The Bertz CT molecular complexity index is 489. The molecule has 2 unspecified atom stereocenters. The molecule has 0 saturated carbocycles. The molecule has 1 aromatic rings. The van der Waals surface area contributed by atoms with Crippen LogP contribution in [0.4, 0.5) is 0 Å². The van der Waals surface area contributed by atoms with Crippen molar-refractivity contribution in [2.75, 3.05) is 13.1 Å². The zero-order valence-corrected chi connectivity index (χ0v) is 11.3. The smallest absolute Gasteiger partial charge is 0.244 e. The molecule has 0 aromatic carbocycles. The average molecular weight is 269 g/mol. The van der Waals surface area contributed by atoms with Crippen LogP contribution in [0.15, 0.2) is 29.4 Å². The first kappa shape index (κ1) is 13.5. The number of rotatable bonds is 3. The first-order chi connectivity index (χ1) is 8.55. The van der Waals surface area contributed by atoms with E-state index in [4.69, 9.17) is 5.73 Å². The first-order valence-corrected chi connectivity index (χ1v) is 7.61. The number of piperidine rings is 1. The number of aromatic nitrogens is 1. The van der Waals surface area contributed by atoms with Gasteiger partial charge in [0, 0.05) is 25.0 Å². The fourth-order valence-electron chi connectivity index (χ4n) is 2.31. The van der Waals surface area contributed by atoms with E-state index in [1.807, 2.05) is 6.92 Å². The van der Waals surface area contributed by atoms with Crippen LogP contribution in [0.3, 0.4) is 0 Å². The van der Waals surface area contributed by atoms with Crippen LogP contribution in [0.25, 0.3) is 0 Å². The summed E-state index contributed by atoms with van der Waals surface area (Å²) in [5.74, 6) is 0.257. The average Bonchev–Trinajstić information content (AvgIpc) is 2.40. The van der Waals surface area contributed by atoms with Gasteiger partial charge in [-0.15, -0.1) is 0 Å². The molecular formula is C12H19N3O2S. The summed E-state index contributed by atoms with van der Waals surface area (Å²) >= 11 is 0. The zero-order chi connectivity index (χ0) is 13.2. The second kappa shape index (κ2) is 5.34. The summed E-state index contributed by atoms with van der Waals surface area (Å²) in [5.41, 5.74) is 5.66. The van der Waals surface area contributed by atoms with Crippen molar-refractivity contribution in [2.24, 2.45) is 11.7 Å². The molecule has 1 saturated heterocycles. The number of pyridine rings is 1. The molecule has 1 aromatic heterocycles. The Morgan fingerprint density at radius 3 is 2.89 bits per heavy atom. The standard InChI is InChI=1S/C12H19N3O2S/c1-10-4-5-11(7-13)9-15(10)18(16,17)12-3-2-6-14-8-12/h2-3,6,8,10-11H,4-5,7,9,13H2,1H3. The molecule has 0 amide bonds. The van der Waals surface area contributed by atoms with E-state index >= 15 is 0 Å². The Morgan fingerprint density at radius 1 is 1.50 bits per heavy atom. The van der Waals surface area contributed by atoms with Gasteiger partial charge in [-0.1, -0.05) is 0 Å². The largest absolute Gasteiger partial charge is 0.330 e. The fourth-order valence-corrected chi connectivity index (χ4v) is 4.01. The van der Waals surface area contributed by atoms with E-state index in [0.29, 0.717) is 13.1 Å². The van der Waals surface area contributed by atoms with Gasteiger partial charge in [0.2, 0.25) is 10.0 Å². The SMILES string of the molecule is CC1CCC(CN)CN1S(=O)(=O)c1cccnc1. The highest BCUT2D eigenvalue weighted by Crippen LogP contribution is 2.27. The molecule has 2 atom stereocenters. The molecule has 2 heterocycles. The van der Waals surface area contributed by atoms with Crippen molar-refractivity contribution in [3.63, 3.8) is 0 Å². The molecule has 100 valence electrons. The minimum Gasteiger partial charge on any atom is -0.330 e. The maximum atomic E-state index is 12.5. The van der Waals surface area contributed by atoms with Gasteiger partial charge in [0.1, 0.15) is 4.90 Å². The maximum Gasteiger partial charge on any atom is 0.244 e. The van der Waals surface area contributed by atoms with Crippen molar-refractivity contribution in [1.82, 2.24) is 9.29 Å². The lowest BCUT2D eigenvalue weighted by Gasteiger charge is -2.36. The van der Waals surface area contributed by atoms with E-state index in [1.54, 1.807) is 22.6 Å². The maximum absolute atomic E-state index is 12.5. The number of hydrogen-bond acceptors (Lipinski definition) is 4. The number of nitrogens with two attached hydrogens (primary N) is 1. The van der Waals surface area contributed by atoms with Crippen molar-refractivity contribution < 1.29 is 8.42 Å². The third-order valence-corrected chi connectivity index (χ3v) is 5.46. The van der Waals surface area contributed by atoms with E-state index in [1.165, 1.54) is 6.20 Å². The van der Waals surface area contributed by atoms with Crippen molar-refractivity contribution >= 4 is 10.0 Å². The fraction of sp³-hybridized carbons (Fsp3) is 0.583. The van der Waals surface area contributed by atoms with E-state index in [0.717, 1.165) is 12.8 Å². The van der Waals surface area contributed by atoms with Crippen LogP contribution >= 0.6 is 0 Å². The Kier molecular flexibility index (Phi) is 3.99. The quantitative estimate of drug-likeness (QED) is 0.881. The lowest BCUT2D eigenvalue weighted by molar-refractivity contribution is 0.211. The molecule has 5 nitrogen and oxygen atoms in total. The summed E-state index contributed by atoms with van der Waals surface area (Å²) in [5, 5.41) is 0. The van der Waals surface area contributed by atoms with Crippen LogP contribution in [0.2, 0.25) is 0 Å². The van der Waals surface area contributed by atoms with Gasteiger partial charge in [-0.3, -0.25) is 4.98 Å². The monoisotopic (exact) mass is 269 g/mol. The molecule has 0 radical (unpaired) electrons. The molecule has 6 heteroatoms. The van der Waals surface area contributed by atoms with Gasteiger partial charge in [0.15, 0.2) is 0 Å². The van der Waals surface area contributed by atoms with Gasteiger partial charge >= 0.3 is 0 Å². The summed E-state index contributed by atoms with van der Waals surface area (Å²) in [4.78, 5) is 4.14. The summed E-state index contributed by atoms with van der Waals surface area (Å²) in [6, 6.07) is 3.25. The van der Waals surface area contributed by atoms with Gasteiger partial charge in [-0.05, 0) is 44.4 Å². The molecule has 1 aliphatic rings. The Balaban J connectivity index is 2.29.